The number of fused-ring (bicyclic) bond motifs is 2. The lowest BCUT2D eigenvalue weighted by molar-refractivity contribution is -0.0304. The van der Waals surface area contributed by atoms with Crippen molar-refractivity contribution in [2.24, 2.45) is 5.14 Å². The Morgan fingerprint density at radius 3 is 1.94 bits per heavy atom. The second-order valence-electron chi connectivity index (χ2n) is 17.1. The number of nitrogens with one attached hydrogen (secondary N) is 2. The van der Waals surface area contributed by atoms with Crippen LogP contribution >= 0.6 is 0 Å². The minimum Gasteiger partial charge on any atom is -0.356 e. The normalized spacial score (nSPS) is 19.9. The number of amides is 2. The molecule has 2 amide bonds. The van der Waals surface area contributed by atoms with Crippen LogP contribution in [0.1, 0.15) is 106 Å². The number of carbonyl (C=O) groups is 2. The maximum Gasteiger partial charge on any atom is 0.259 e. The number of rotatable bonds is 9. The smallest absolute Gasteiger partial charge is 0.259 e. The van der Waals surface area contributed by atoms with E-state index in [0.29, 0.717) is 25.7 Å². The zero-order valence-electron chi connectivity index (χ0n) is 34.7. The number of aromatic nitrogens is 2. The van der Waals surface area contributed by atoms with Crippen LogP contribution in [0.25, 0.3) is 0 Å². The van der Waals surface area contributed by atoms with Crippen LogP contribution in [-0.4, -0.2) is 82.9 Å². The Balaban J connectivity index is 1.10. The van der Waals surface area contributed by atoms with Crippen molar-refractivity contribution >= 4 is 54.7 Å². The van der Waals surface area contributed by atoms with Crippen LogP contribution in [0.2, 0.25) is 0 Å². The summed E-state index contributed by atoms with van der Waals surface area (Å²) in [6.07, 6.45) is 4.79. The number of benzene rings is 2. The molecule has 4 aliphatic rings. The van der Waals surface area contributed by atoms with E-state index >= 15 is 8.78 Å². The number of anilines is 4. The van der Waals surface area contributed by atoms with E-state index in [1.807, 2.05) is 0 Å². The number of aryl methyl sites for hydroxylation is 4. The number of primary sulfonamides is 1. The van der Waals surface area contributed by atoms with Crippen LogP contribution in [0, 0.1) is 0 Å². The van der Waals surface area contributed by atoms with Gasteiger partial charge in [0, 0.05) is 80.4 Å². The monoisotopic (exact) mass is 911 g/mol. The van der Waals surface area contributed by atoms with Crippen LogP contribution < -0.4 is 25.6 Å². The van der Waals surface area contributed by atoms with Crippen molar-refractivity contribution in [3.8, 4) is 0 Å². The standard InChI is InChI=1S/C44H49F4N7O6S2/c1-62(58,59)32-10-5-9-30(25-32)50-41(56)35-24-28-8-4-12-38(28)53-40(35)55-18-13-36(44(47,48)16-20-55)29-21-31(26-33(22-29)63(49,60)61)51-42(57)34-23-27-7-2-3-11-37(27)52-39(34)54-17-6-14-43(45,46)15-19-54/h5,9-10,21-26,36H,2-4,6-8,11-20H2,1H3,(H,50,56)(H,51,57)(H2,49,60,61). The fourth-order valence-corrected chi connectivity index (χ4v) is 10.4. The number of halogens is 4. The Morgan fingerprint density at radius 1 is 0.683 bits per heavy atom. The van der Waals surface area contributed by atoms with Gasteiger partial charge in [0.05, 0.1) is 20.9 Å². The molecule has 2 saturated heterocycles. The maximum atomic E-state index is 16.5. The van der Waals surface area contributed by atoms with Crippen LogP contribution in [0.15, 0.2) is 64.4 Å². The number of sulfone groups is 1. The lowest BCUT2D eigenvalue weighted by Crippen LogP contribution is -2.30. The van der Waals surface area contributed by atoms with Crippen LogP contribution in [0.4, 0.5) is 40.6 Å². The van der Waals surface area contributed by atoms with Gasteiger partial charge in [-0.1, -0.05) is 6.07 Å². The fraction of sp³-hybridized carbons (Fsp3) is 0.455. The molecule has 2 aliphatic heterocycles. The molecule has 2 aromatic carbocycles. The summed E-state index contributed by atoms with van der Waals surface area (Å²) in [5, 5.41) is 11.0. The number of sulfonamides is 1. The molecule has 13 nitrogen and oxygen atoms in total. The summed E-state index contributed by atoms with van der Waals surface area (Å²) in [5.41, 5.74) is 3.49. The number of carbonyl (C=O) groups excluding carboxylic acids is 2. The topological polar surface area (TPSA) is 185 Å². The molecular weight excluding hydrogens is 863 g/mol. The zero-order valence-corrected chi connectivity index (χ0v) is 36.4. The summed E-state index contributed by atoms with van der Waals surface area (Å²) in [5.74, 6) is -8.73. The first-order valence-corrected chi connectivity index (χ1v) is 24.6. The largest absolute Gasteiger partial charge is 0.356 e. The van der Waals surface area contributed by atoms with Gasteiger partial charge in [0.1, 0.15) is 11.6 Å². The molecule has 2 aromatic heterocycles. The molecule has 1 unspecified atom stereocenters. The van der Waals surface area contributed by atoms with Crippen LogP contribution in [0.5, 0.6) is 0 Å². The number of nitrogens with two attached hydrogens (primary N) is 1. The first kappa shape index (κ1) is 44.5. The van der Waals surface area contributed by atoms with E-state index in [-0.39, 0.29) is 90.0 Å². The lowest BCUT2D eigenvalue weighted by atomic mass is 9.88. The molecule has 336 valence electrons. The molecule has 1 atom stereocenters. The number of nitrogens with zero attached hydrogens (tertiary/aromatic N) is 4. The summed E-state index contributed by atoms with van der Waals surface area (Å²) in [6.45, 7) is -0.0263. The Bertz CT molecular complexity index is 2700. The van der Waals surface area contributed by atoms with Gasteiger partial charge in [0.25, 0.3) is 17.7 Å². The van der Waals surface area contributed by atoms with Crippen molar-refractivity contribution in [2.45, 2.75) is 105 Å². The molecule has 4 N–H and O–H groups in total. The lowest BCUT2D eigenvalue weighted by Gasteiger charge is -2.27. The molecule has 8 rings (SSSR count). The second-order valence-corrected chi connectivity index (χ2v) is 20.6. The van der Waals surface area contributed by atoms with E-state index in [9.17, 15) is 35.2 Å². The van der Waals surface area contributed by atoms with E-state index in [4.69, 9.17) is 15.1 Å². The van der Waals surface area contributed by atoms with E-state index in [0.717, 1.165) is 60.2 Å². The summed E-state index contributed by atoms with van der Waals surface area (Å²) in [7, 11) is -8.06. The molecule has 2 fully saturated rings. The van der Waals surface area contributed by atoms with Crippen molar-refractivity contribution in [3.05, 3.63) is 93.8 Å². The fourth-order valence-electron chi connectivity index (χ4n) is 9.13. The van der Waals surface area contributed by atoms with Gasteiger partial charge in [-0.2, -0.15) is 0 Å². The van der Waals surface area contributed by atoms with Gasteiger partial charge in [0.15, 0.2) is 9.84 Å². The minimum atomic E-state index is -4.48. The van der Waals surface area contributed by atoms with Gasteiger partial charge >= 0.3 is 0 Å². The SMILES string of the molecule is CS(=O)(=O)c1cccc(NC(=O)c2cc3c(nc2N2CCC(c4cc(NC(=O)c5cc6c(nc5N5CCCC(F)(F)CC5)CCCC6)cc(S(N)(=O)=O)c4)C(F)(F)CC2)CCC3)c1. The Morgan fingerprint density at radius 2 is 1.27 bits per heavy atom. The van der Waals surface area contributed by atoms with Gasteiger partial charge in [-0.05, 0) is 123 Å². The molecule has 0 radical (unpaired) electrons. The molecule has 63 heavy (non-hydrogen) atoms. The minimum absolute atomic E-state index is 0.00510. The molecule has 4 aromatic rings. The number of pyridine rings is 2. The number of hydrogen-bond acceptors (Lipinski definition) is 10. The maximum absolute atomic E-state index is 16.5. The second kappa shape index (κ2) is 17.1. The Hall–Kier alpha value is -5.14. The van der Waals surface area contributed by atoms with Gasteiger partial charge in [0.2, 0.25) is 15.9 Å². The van der Waals surface area contributed by atoms with Gasteiger partial charge in [-0.15, -0.1) is 0 Å². The highest BCUT2D eigenvalue weighted by molar-refractivity contribution is 7.90. The number of alkyl halides is 4. The third kappa shape index (κ3) is 9.84. The van der Waals surface area contributed by atoms with Crippen molar-refractivity contribution in [1.29, 1.82) is 0 Å². The highest BCUT2D eigenvalue weighted by atomic mass is 32.2. The molecule has 0 bridgehead atoms. The van der Waals surface area contributed by atoms with Crippen molar-refractivity contribution in [3.63, 3.8) is 0 Å². The van der Waals surface area contributed by atoms with Gasteiger partial charge in [-0.25, -0.2) is 49.5 Å². The molecule has 0 saturated carbocycles. The molecular formula is C44H49F4N7O6S2. The van der Waals surface area contributed by atoms with E-state index < -0.39 is 67.2 Å². The Labute approximate surface area is 363 Å². The van der Waals surface area contributed by atoms with Crippen molar-refractivity contribution < 1.29 is 44.0 Å². The van der Waals surface area contributed by atoms with E-state index in [1.165, 1.54) is 24.3 Å². The van der Waals surface area contributed by atoms with E-state index in [1.54, 1.807) is 28.0 Å². The first-order chi connectivity index (χ1) is 29.7. The predicted molar refractivity (Wildman–Crippen MR) is 231 cm³/mol. The highest BCUT2D eigenvalue weighted by Crippen LogP contribution is 2.44. The van der Waals surface area contributed by atoms with Crippen molar-refractivity contribution in [2.75, 3.05) is 52.9 Å². The first-order valence-electron chi connectivity index (χ1n) is 21.2. The zero-order chi connectivity index (χ0) is 44.9. The molecule has 2 aliphatic carbocycles. The quantitative estimate of drug-likeness (QED) is 0.147. The average Bonchev–Trinajstić information content (AvgIpc) is 3.53. The number of hydrogen-bond donors (Lipinski definition) is 3. The van der Waals surface area contributed by atoms with E-state index in [2.05, 4.69) is 10.6 Å². The van der Waals surface area contributed by atoms with Crippen LogP contribution in [0.3, 0.4) is 0 Å². The highest BCUT2D eigenvalue weighted by Gasteiger charge is 2.44. The average molecular weight is 912 g/mol. The summed E-state index contributed by atoms with van der Waals surface area (Å²) in [4.78, 5) is 40.6. The van der Waals surface area contributed by atoms with Crippen LogP contribution in [-0.2, 0) is 45.5 Å². The van der Waals surface area contributed by atoms with Crippen molar-refractivity contribution in [1.82, 2.24) is 9.97 Å². The summed E-state index contributed by atoms with van der Waals surface area (Å²) in [6, 6.07) is 12.7. The Kier molecular flexibility index (Phi) is 12.1. The van der Waals surface area contributed by atoms with Gasteiger partial charge < -0.3 is 20.4 Å². The third-order valence-corrected chi connectivity index (χ3v) is 14.5. The summed E-state index contributed by atoms with van der Waals surface area (Å²) >= 11 is 0. The molecule has 19 heteroatoms. The molecule has 4 heterocycles. The summed E-state index contributed by atoms with van der Waals surface area (Å²) < 4.78 is 112. The predicted octanol–water partition coefficient (Wildman–Crippen LogP) is 7.04. The third-order valence-electron chi connectivity index (χ3n) is 12.5. The molecule has 0 spiro atoms. The van der Waals surface area contributed by atoms with Gasteiger partial charge in [-0.3, -0.25) is 9.59 Å².